The van der Waals surface area contributed by atoms with Gasteiger partial charge < -0.3 is 9.94 Å². The van der Waals surface area contributed by atoms with Crippen molar-refractivity contribution in [2.45, 2.75) is 43.6 Å². The van der Waals surface area contributed by atoms with Gasteiger partial charge >= 0.3 is 0 Å². The number of halogens is 2. The Morgan fingerprint density at radius 2 is 2.00 bits per heavy atom. The summed E-state index contributed by atoms with van der Waals surface area (Å²) in [6, 6.07) is 1.70. The molecular weight excluding hydrogens is 254 g/mol. The summed E-state index contributed by atoms with van der Waals surface area (Å²) in [6.07, 6.45) is 3.61. The average Bonchev–Trinajstić information content (AvgIpc) is 2.42. The van der Waals surface area contributed by atoms with Crippen LogP contribution < -0.4 is 4.74 Å². The van der Waals surface area contributed by atoms with Gasteiger partial charge in [-0.3, -0.25) is 4.98 Å². The number of fused-ring (bicyclic) bond motifs is 1. The lowest BCUT2D eigenvalue weighted by Crippen LogP contribution is -2.47. The number of oxime groups is 1. The topological polar surface area (TPSA) is 54.7 Å². The molecule has 4 nitrogen and oxygen atoms in total. The third kappa shape index (κ3) is 2.15. The van der Waals surface area contributed by atoms with Crippen LogP contribution in [0, 0.1) is 0 Å². The molecule has 3 rings (SSSR count). The van der Waals surface area contributed by atoms with Crippen LogP contribution in [0.3, 0.4) is 0 Å². The minimum atomic E-state index is -2.61. The van der Waals surface area contributed by atoms with Gasteiger partial charge in [0.15, 0.2) is 0 Å². The number of nitrogens with zero attached hydrogens (tertiary/aromatic N) is 2. The summed E-state index contributed by atoms with van der Waals surface area (Å²) >= 11 is 0. The molecule has 1 aromatic heterocycles. The first-order valence-electron chi connectivity index (χ1n) is 6.26. The molecule has 0 radical (unpaired) electrons. The molecule has 0 amide bonds. The second-order valence-corrected chi connectivity index (χ2v) is 5.24. The predicted molar refractivity (Wildman–Crippen MR) is 64.0 cm³/mol. The molecule has 0 saturated heterocycles. The molecule has 0 atom stereocenters. The highest BCUT2D eigenvalue weighted by atomic mass is 19.3. The van der Waals surface area contributed by atoms with E-state index in [1.807, 2.05) is 0 Å². The lowest BCUT2D eigenvalue weighted by atomic mass is 9.77. The van der Waals surface area contributed by atoms with Crippen LogP contribution in [0.4, 0.5) is 8.78 Å². The Hall–Kier alpha value is -1.72. The van der Waals surface area contributed by atoms with Gasteiger partial charge in [0.2, 0.25) is 5.92 Å². The molecule has 2 aliphatic rings. The smallest absolute Gasteiger partial charge is 0.248 e. The second-order valence-electron chi connectivity index (χ2n) is 5.24. The SMILES string of the molecule is O/N=C1\CC2(CCC(F)(F)CC2)Oc2cnccc21. The number of hydrogen-bond donors (Lipinski definition) is 1. The van der Waals surface area contributed by atoms with Crippen molar-refractivity contribution in [3.8, 4) is 5.75 Å². The fourth-order valence-electron chi connectivity index (χ4n) is 2.81. The first-order chi connectivity index (χ1) is 9.04. The maximum atomic E-state index is 13.3. The zero-order valence-corrected chi connectivity index (χ0v) is 10.3. The van der Waals surface area contributed by atoms with E-state index in [-0.39, 0.29) is 25.7 Å². The van der Waals surface area contributed by atoms with Crippen LogP contribution in [0.5, 0.6) is 5.75 Å². The highest BCUT2D eigenvalue weighted by Crippen LogP contribution is 2.45. The summed E-state index contributed by atoms with van der Waals surface area (Å²) in [7, 11) is 0. The number of ether oxygens (including phenoxy) is 1. The molecule has 1 saturated carbocycles. The second kappa shape index (κ2) is 4.15. The van der Waals surface area contributed by atoms with Crippen molar-refractivity contribution in [2.75, 3.05) is 0 Å². The van der Waals surface area contributed by atoms with Gasteiger partial charge in [-0.25, -0.2) is 8.78 Å². The summed E-state index contributed by atoms with van der Waals surface area (Å²) < 4.78 is 32.4. The highest BCUT2D eigenvalue weighted by Gasteiger charge is 2.48. The van der Waals surface area contributed by atoms with Crippen molar-refractivity contribution >= 4 is 5.71 Å². The summed E-state index contributed by atoms with van der Waals surface area (Å²) in [5.41, 5.74) is 0.480. The van der Waals surface area contributed by atoms with E-state index in [1.54, 1.807) is 12.3 Å². The van der Waals surface area contributed by atoms with Gasteiger partial charge in [-0.1, -0.05) is 5.16 Å². The van der Waals surface area contributed by atoms with Crippen molar-refractivity contribution in [1.29, 1.82) is 0 Å². The van der Waals surface area contributed by atoms with Gasteiger partial charge in [-0.15, -0.1) is 0 Å². The van der Waals surface area contributed by atoms with Crippen LogP contribution in [-0.2, 0) is 0 Å². The monoisotopic (exact) mass is 268 g/mol. The zero-order chi connectivity index (χ0) is 13.5. The molecule has 1 aliphatic carbocycles. The lowest BCUT2D eigenvalue weighted by molar-refractivity contribution is -0.0921. The van der Waals surface area contributed by atoms with Crippen molar-refractivity contribution in [2.24, 2.45) is 5.16 Å². The molecule has 1 spiro atoms. The van der Waals surface area contributed by atoms with E-state index in [0.29, 0.717) is 23.4 Å². The van der Waals surface area contributed by atoms with Gasteiger partial charge in [0.25, 0.3) is 0 Å². The molecule has 0 aromatic carbocycles. The fourth-order valence-corrected chi connectivity index (χ4v) is 2.81. The number of alkyl halides is 2. The molecule has 19 heavy (non-hydrogen) atoms. The standard InChI is InChI=1S/C13H14F2N2O2/c14-13(15)4-2-12(3-5-13)7-10(17-18)9-1-6-16-8-11(9)19-12/h1,6,8,18H,2-5,7H2/b17-10+. The molecule has 0 bridgehead atoms. The molecule has 102 valence electrons. The zero-order valence-electron chi connectivity index (χ0n) is 10.3. The average molecular weight is 268 g/mol. The van der Waals surface area contributed by atoms with Gasteiger partial charge in [0.05, 0.1) is 11.9 Å². The number of aromatic nitrogens is 1. The summed E-state index contributed by atoms with van der Waals surface area (Å²) in [5.74, 6) is -2.10. The lowest BCUT2D eigenvalue weighted by Gasteiger charge is -2.43. The van der Waals surface area contributed by atoms with Gasteiger partial charge in [0, 0.05) is 31.0 Å². The summed E-state index contributed by atoms with van der Waals surface area (Å²) in [5, 5.41) is 12.4. The molecule has 1 aromatic rings. The van der Waals surface area contributed by atoms with Crippen molar-refractivity contribution in [1.82, 2.24) is 4.98 Å². The van der Waals surface area contributed by atoms with Gasteiger partial charge in [-0.05, 0) is 18.9 Å². The minimum absolute atomic E-state index is 0.193. The van der Waals surface area contributed by atoms with Gasteiger partial charge in [-0.2, -0.15) is 0 Å². The molecule has 1 N–H and O–H groups in total. The molecule has 0 unspecified atom stereocenters. The molecule has 1 aliphatic heterocycles. The normalized spacial score (nSPS) is 25.9. The van der Waals surface area contributed by atoms with E-state index in [1.165, 1.54) is 6.20 Å². The van der Waals surface area contributed by atoms with Crippen LogP contribution in [0.15, 0.2) is 23.6 Å². The van der Waals surface area contributed by atoms with Crippen LogP contribution >= 0.6 is 0 Å². The Morgan fingerprint density at radius 1 is 1.26 bits per heavy atom. The maximum Gasteiger partial charge on any atom is 0.248 e. The number of hydrogen-bond acceptors (Lipinski definition) is 4. The van der Waals surface area contributed by atoms with E-state index >= 15 is 0 Å². The minimum Gasteiger partial charge on any atom is -0.485 e. The Kier molecular flexibility index (Phi) is 2.69. The Labute approximate surface area is 109 Å². The van der Waals surface area contributed by atoms with E-state index in [2.05, 4.69) is 10.1 Å². The fraction of sp³-hybridized carbons (Fsp3) is 0.538. The first kappa shape index (κ1) is 12.3. The Bertz CT molecular complexity index is 521. The van der Waals surface area contributed by atoms with Crippen LogP contribution in [0.25, 0.3) is 0 Å². The quantitative estimate of drug-likeness (QED) is 0.581. The third-order valence-corrected chi connectivity index (χ3v) is 3.92. The van der Waals surface area contributed by atoms with E-state index < -0.39 is 11.5 Å². The van der Waals surface area contributed by atoms with Crippen molar-refractivity contribution < 1.29 is 18.7 Å². The first-order valence-corrected chi connectivity index (χ1v) is 6.26. The molecular formula is C13H14F2N2O2. The molecule has 6 heteroatoms. The van der Waals surface area contributed by atoms with E-state index in [9.17, 15) is 8.78 Å². The summed E-state index contributed by atoms with van der Waals surface area (Å²) in [6.45, 7) is 0. The van der Waals surface area contributed by atoms with Crippen LogP contribution in [-0.4, -0.2) is 27.4 Å². The van der Waals surface area contributed by atoms with Crippen molar-refractivity contribution in [3.05, 3.63) is 24.0 Å². The van der Waals surface area contributed by atoms with Crippen LogP contribution in [0.1, 0.15) is 37.7 Å². The van der Waals surface area contributed by atoms with E-state index in [4.69, 9.17) is 9.94 Å². The Morgan fingerprint density at radius 3 is 2.68 bits per heavy atom. The summed E-state index contributed by atoms with van der Waals surface area (Å²) in [4.78, 5) is 3.96. The third-order valence-electron chi connectivity index (χ3n) is 3.92. The maximum absolute atomic E-state index is 13.3. The number of pyridine rings is 1. The van der Waals surface area contributed by atoms with Crippen molar-refractivity contribution in [3.63, 3.8) is 0 Å². The Balaban J connectivity index is 1.92. The number of rotatable bonds is 0. The highest BCUT2D eigenvalue weighted by molar-refractivity contribution is 6.03. The van der Waals surface area contributed by atoms with Crippen LogP contribution in [0.2, 0.25) is 0 Å². The molecule has 2 heterocycles. The van der Waals surface area contributed by atoms with Gasteiger partial charge in [0.1, 0.15) is 11.4 Å². The van der Waals surface area contributed by atoms with E-state index in [0.717, 1.165) is 0 Å². The molecule has 1 fully saturated rings. The largest absolute Gasteiger partial charge is 0.485 e. The predicted octanol–water partition coefficient (Wildman–Crippen LogP) is 2.99.